The molecule has 0 saturated carbocycles. The molecule has 1 rings (SSSR count). The zero-order valence-electron chi connectivity index (χ0n) is 15.7. The molecule has 4 nitrogen and oxygen atoms in total. The van der Waals surface area contributed by atoms with E-state index in [9.17, 15) is 4.79 Å². The highest BCUT2D eigenvalue weighted by molar-refractivity contribution is 5.68. The second kappa shape index (κ2) is 7.67. The first-order chi connectivity index (χ1) is 9.98. The lowest BCUT2D eigenvalue weighted by atomic mass is 9.94. The molecule has 0 aromatic rings. The molecule has 1 N–H and O–H groups in total. The summed E-state index contributed by atoms with van der Waals surface area (Å²) in [5.74, 6) is 0. The number of hydrogen-bond acceptors (Lipinski definition) is 3. The van der Waals surface area contributed by atoms with Crippen molar-refractivity contribution in [3.63, 3.8) is 0 Å². The Morgan fingerprint density at radius 3 is 2.41 bits per heavy atom. The predicted molar refractivity (Wildman–Crippen MR) is 92.1 cm³/mol. The molecule has 1 heterocycles. The lowest BCUT2D eigenvalue weighted by molar-refractivity contribution is 0.00780. The molecule has 22 heavy (non-hydrogen) atoms. The molecule has 0 aromatic heterocycles. The second-order valence-electron chi connectivity index (χ2n) is 8.90. The van der Waals surface area contributed by atoms with Gasteiger partial charge in [-0.05, 0) is 58.8 Å². The third kappa shape index (κ3) is 7.48. The van der Waals surface area contributed by atoms with Gasteiger partial charge in [-0.15, -0.1) is 0 Å². The van der Waals surface area contributed by atoms with Crippen molar-refractivity contribution < 1.29 is 9.53 Å². The van der Waals surface area contributed by atoms with E-state index in [1.54, 1.807) is 0 Å². The summed E-state index contributed by atoms with van der Waals surface area (Å²) >= 11 is 0. The predicted octanol–water partition coefficient (Wildman–Crippen LogP) is 4.19. The molecule has 2 unspecified atom stereocenters. The standard InChI is InChI=1S/C18H36N2O2/c1-14(19-13-17(2,3)4)12-15-10-8-9-11-20(15)16(21)22-18(5,6)7/h14-15,19H,8-13H2,1-7H3. The maximum Gasteiger partial charge on any atom is 0.410 e. The van der Waals surface area contributed by atoms with Crippen LogP contribution >= 0.6 is 0 Å². The third-order valence-corrected chi connectivity index (χ3v) is 3.86. The highest BCUT2D eigenvalue weighted by atomic mass is 16.6. The Bertz CT molecular complexity index is 355. The summed E-state index contributed by atoms with van der Waals surface area (Å²) in [5, 5.41) is 3.60. The van der Waals surface area contributed by atoms with Crippen LogP contribution < -0.4 is 5.32 Å². The van der Waals surface area contributed by atoms with E-state index in [2.05, 4.69) is 33.0 Å². The van der Waals surface area contributed by atoms with Crippen molar-refractivity contribution in [3.8, 4) is 0 Å². The molecule has 1 fully saturated rings. The molecule has 0 spiro atoms. The van der Waals surface area contributed by atoms with Crippen molar-refractivity contribution in [2.45, 2.75) is 91.8 Å². The number of carbonyl (C=O) groups excluding carboxylic acids is 1. The Labute approximate surface area is 137 Å². The Morgan fingerprint density at radius 2 is 1.86 bits per heavy atom. The molecule has 1 amide bonds. The van der Waals surface area contributed by atoms with Crippen LogP contribution in [0.25, 0.3) is 0 Å². The van der Waals surface area contributed by atoms with Crippen LogP contribution in [0.2, 0.25) is 0 Å². The Balaban J connectivity index is 2.56. The fraction of sp³-hybridized carbons (Fsp3) is 0.944. The van der Waals surface area contributed by atoms with E-state index in [0.717, 1.165) is 32.4 Å². The Morgan fingerprint density at radius 1 is 1.23 bits per heavy atom. The van der Waals surface area contributed by atoms with Gasteiger partial charge >= 0.3 is 6.09 Å². The normalized spacial score (nSPS) is 21.6. The first kappa shape index (κ1) is 19.3. The topological polar surface area (TPSA) is 41.6 Å². The van der Waals surface area contributed by atoms with Gasteiger partial charge in [0.15, 0.2) is 0 Å². The van der Waals surface area contributed by atoms with Crippen molar-refractivity contribution in [3.05, 3.63) is 0 Å². The molecule has 130 valence electrons. The number of ether oxygens (including phenoxy) is 1. The van der Waals surface area contributed by atoms with Gasteiger partial charge in [0.25, 0.3) is 0 Å². The van der Waals surface area contributed by atoms with Crippen LogP contribution in [-0.2, 0) is 4.74 Å². The summed E-state index contributed by atoms with van der Waals surface area (Å²) in [6.45, 7) is 16.5. The first-order valence-corrected chi connectivity index (χ1v) is 8.71. The van der Waals surface area contributed by atoms with Crippen LogP contribution in [0.1, 0.15) is 74.1 Å². The van der Waals surface area contributed by atoms with Crippen LogP contribution in [0, 0.1) is 5.41 Å². The number of nitrogens with one attached hydrogen (secondary N) is 1. The maximum absolute atomic E-state index is 12.4. The molecule has 1 saturated heterocycles. The van der Waals surface area contributed by atoms with E-state index in [4.69, 9.17) is 4.74 Å². The Kier molecular flexibility index (Phi) is 6.72. The average Bonchev–Trinajstić information content (AvgIpc) is 2.34. The molecule has 1 aliphatic heterocycles. The van der Waals surface area contributed by atoms with E-state index in [-0.39, 0.29) is 11.5 Å². The van der Waals surface area contributed by atoms with Crippen molar-refractivity contribution in [1.82, 2.24) is 10.2 Å². The summed E-state index contributed by atoms with van der Waals surface area (Å²) in [6, 6.07) is 0.707. The quantitative estimate of drug-likeness (QED) is 0.846. The smallest absolute Gasteiger partial charge is 0.410 e. The fourth-order valence-corrected chi connectivity index (χ4v) is 2.78. The zero-order chi connectivity index (χ0) is 17.0. The first-order valence-electron chi connectivity index (χ1n) is 8.71. The van der Waals surface area contributed by atoms with Crippen LogP contribution in [0.5, 0.6) is 0 Å². The van der Waals surface area contributed by atoms with Gasteiger partial charge in [-0.3, -0.25) is 0 Å². The molecule has 0 aromatic carbocycles. The monoisotopic (exact) mass is 312 g/mol. The van der Waals surface area contributed by atoms with Crippen LogP contribution in [-0.4, -0.2) is 41.8 Å². The van der Waals surface area contributed by atoms with E-state index in [0.29, 0.717) is 12.1 Å². The third-order valence-electron chi connectivity index (χ3n) is 3.86. The zero-order valence-corrected chi connectivity index (χ0v) is 15.7. The number of carbonyl (C=O) groups is 1. The minimum atomic E-state index is -0.421. The minimum Gasteiger partial charge on any atom is -0.444 e. The summed E-state index contributed by atoms with van der Waals surface area (Å²) < 4.78 is 5.57. The fourth-order valence-electron chi connectivity index (χ4n) is 2.78. The number of amides is 1. The van der Waals surface area contributed by atoms with E-state index >= 15 is 0 Å². The minimum absolute atomic E-state index is 0.153. The SMILES string of the molecule is CC(CC1CCCCN1C(=O)OC(C)(C)C)NCC(C)(C)C. The molecule has 0 radical (unpaired) electrons. The average molecular weight is 312 g/mol. The van der Waals surface area contributed by atoms with Crippen molar-refractivity contribution in [2.24, 2.45) is 5.41 Å². The van der Waals surface area contributed by atoms with Gasteiger partial charge < -0.3 is 15.0 Å². The molecular formula is C18H36N2O2. The number of piperidine rings is 1. The van der Waals surface area contributed by atoms with Crippen molar-refractivity contribution in [1.29, 1.82) is 0 Å². The van der Waals surface area contributed by atoms with E-state index < -0.39 is 5.60 Å². The number of likely N-dealkylation sites (tertiary alicyclic amines) is 1. The van der Waals surface area contributed by atoms with Gasteiger partial charge in [-0.25, -0.2) is 4.79 Å². The second-order valence-corrected chi connectivity index (χ2v) is 8.90. The molecule has 0 aliphatic carbocycles. The molecule has 1 aliphatic rings. The summed E-state index contributed by atoms with van der Waals surface area (Å²) in [7, 11) is 0. The van der Waals surface area contributed by atoms with Gasteiger partial charge in [-0.1, -0.05) is 20.8 Å². The van der Waals surface area contributed by atoms with Gasteiger partial charge in [0, 0.05) is 25.2 Å². The summed E-state index contributed by atoms with van der Waals surface area (Å²) in [5.41, 5.74) is -0.138. The lowest BCUT2D eigenvalue weighted by Gasteiger charge is -2.38. The van der Waals surface area contributed by atoms with Gasteiger partial charge in [0.05, 0.1) is 0 Å². The van der Waals surface area contributed by atoms with Gasteiger partial charge in [-0.2, -0.15) is 0 Å². The summed E-state index contributed by atoms with van der Waals surface area (Å²) in [4.78, 5) is 14.4. The van der Waals surface area contributed by atoms with Crippen LogP contribution in [0.4, 0.5) is 4.79 Å². The van der Waals surface area contributed by atoms with Crippen LogP contribution in [0.3, 0.4) is 0 Å². The van der Waals surface area contributed by atoms with Gasteiger partial charge in [0.2, 0.25) is 0 Å². The lowest BCUT2D eigenvalue weighted by Crippen LogP contribution is -2.48. The number of hydrogen-bond donors (Lipinski definition) is 1. The largest absolute Gasteiger partial charge is 0.444 e. The molecule has 0 bridgehead atoms. The van der Waals surface area contributed by atoms with E-state index in [1.807, 2.05) is 25.7 Å². The van der Waals surface area contributed by atoms with E-state index in [1.165, 1.54) is 6.42 Å². The van der Waals surface area contributed by atoms with Crippen molar-refractivity contribution in [2.75, 3.05) is 13.1 Å². The van der Waals surface area contributed by atoms with Crippen molar-refractivity contribution >= 4 is 6.09 Å². The molecule has 4 heteroatoms. The maximum atomic E-state index is 12.4. The molecule has 2 atom stereocenters. The Hall–Kier alpha value is -0.770. The molecular weight excluding hydrogens is 276 g/mol. The van der Waals surface area contributed by atoms with Crippen LogP contribution in [0.15, 0.2) is 0 Å². The summed E-state index contributed by atoms with van der Waals surface area (Å²) in [6.07, 6.45) is 4.21. The number of nitrogens with zero attached hydrogens (tertiary/aromatic N) is 1. The number of rotatable bonds is 4. The van der Waals surface area contributed by atoms with Gasteiger partial charge in [0.1, 0.15) is 5.60 Å². The highest BCUT2D eigenvalue weighted by Crippen LogP contribution is 2.23. The highest BCUT2D eigenvalue weighted by Gasteiger charge is 2.31.